The maximum Gasteiger partial charge on any atom is 0.293 e. The van der Waals surface area contributed by atoms with Crippen LogP contribution >= 0.6 is 0 Å². The molecule has 1 aliphatic rings. The monoisotopic (exact) mass is 409 g/mol. The van der Waals surface area contributed by atoms with Gasteiger partial charge in [0.05, 0.1) is 12.0 Å². The number of nitrogens with zero attached hydrogens (tertiary/aromatic N) is 5. The fourth-order valence-electron chi connectivity index (χ4n) is 3.58. The highest BCUT2D eigenvalue weighted by atomic mass is 16.6. The maximum absolute atomic E-state index is 11.7. The van der Waals surface area contributed by atoms with Crippen molar-refractivity contribution in [2.24, 2.45) is 0 Å². The SMILES string of the molecule is CCc1noc(-c2ccc(N3CCN(c4ccc(OC)cc4)CC3)c([N+](=O)[O-])c2)n1. The molecule has 4 rings (SSSR count). The molecule has 1 saturated heterocycles. The summed E-state index contributed by atoms with van der Waals surface area (Å²) in [5, 5.41) is 15.6. The summed E-state index contributed by atoms with van der Waals surface area (Å²) >= 11 is 0. The highest BCUT2D eigenvalue weighted by Crippen LogP contribution is 2.34. The summed E-state index contributed by atoms with van der Waals surface area (Å²) in [5.74, 6) is 1.69. The third-order valence-corrected chi connectivity index (χ3v) is 5.26. The first kappa shape index (κ1) is 19.7. The second kappa shape index (κ2) is 8.40. The summed E-state index contributed by atoms with van der Waals surface area (Å²) in [4.78, 5) is 20.0. The second-order valence-corrected chi connectivity index (χ2v) is 7.00. The molecule has 0 bridgehead atoms. The van der Waals surface area contributed by atoms with E-state index >= 15 is 0 Å². The van der Waals surface area contributed by atoms with Crippen LogP contribution in [0.4, 0.5) is 17.1 Å². The number of piperazine rings is 1. The van der Waals surface area contributed by atoms with Crippen molar-refractivity contribution in [1.82, 2.24) is 10.1 Å². The van der Waals surface area contributed by atoms with Crippen molar-refractivity contribution >= 4 is 17.1 Å². The van der Waals surface area contributed by atoms with Gasteiger partial charge in [-0.1, -0.05) is 12.1 Å². The van der Waals surface area contributed by atoms with E-state index in [0.717, 1.165) is 24.5 Å². The smallest absolute Gasteiger partial charge is 0.293 e. The van der Waals surface area contributed by atoms with Gasteiger partial charge in [0.2, 0.25) is 0 Å². The Labute approximate surface area is 174 Å². The van der Waals surface area contributed by atoms with Crippen molar-refractivity contribution in [3.05, 3.63) is 58.4 Å². The predicted molar refractivity (Wildman–Crippen MR) is 113 cm³/mol. The lowest BCUT2D eigenvalue weighted by atomic mass is 10.1. The topological polar surface area (TPSA) is 97.8 Å². The fourth-order valence-corrected chi connectivity index (χ4v) is 3.58. The highest BCUT2D eigenvalue weighted by molar-refractivity contribution is 5.71. The number of hydrogen-bond acceptors (Lipinski definition) is 8. The molecule has 0 unspecified atom stereocenters. The van der Waals surface area contributed by atoms with Crippen LogP contribution in [0.3, 0.4) is 0 Å². The summed E-state index contributed by atoms with van der Waals surface area (Å²) in [6, 6.07) is 13.0. The molecule has 1 aromatic heterocycles. The van der Waals surface area contributed by atoms with Crippen molar-refractivity contribution in [1.29, 1.82) is 0 Å². The van der Waals surface area contributed by atoms with Gasteiger partial charge >= 0.3 is 0 Å². The van der Waals surface area contributed by atoms with Crippen molar-refractivity contribution in [3.8, 4) is 17.2 Å². The van der Waals surface area contributed by atoms with E-state index in [1.54, 1.807) is 19.2 Å². The quantitative estimate of drug-likeness (QED) is 0.450. The zero-order valence-corrected chi connectivity index (χ0v) is 16.9. The Morgan fingerprint density at radius 1 is 1.10 bits per heavy atom. The number of ether oxygens (including phenoxy) is 1. The Hall–Kier alpha value is -3.62. The van der Waals surface area contributed by atoms with Gasteiger partial charge in [-0.15, -0.1) is 0 Å². The zero-order chi connectivity index (χ0) is 21.1. The number of hydrogen-bond donors (Lipinski definition) is 0. The van der Waals surface area contributed by atoms with Gasteiger partial charge in [-0.25, -0.2) is 0 Å². The average Bonchev–Trinajstić information content (AvgIpc) is 3.28. The van der Waals surface area contributed by atoms with Gasteiger partial charge in [-0.3, -0.25) is 10.1 Å². The molecule has 9 heteroatoms. The van der Waals surface area contributed by atoms with E-state index in [4.69, 9.17) is 9.26 Å². The summed E-state index contributed by atoms with van der Waals surface area (Å²) < 4.78 is 10.4. The lowest BCUT2D eigenvalue weighted by Gasteiger charge is -2.37. The molecule has 1 fully saturated rings. The van der Waals surface area contributed by atoms with Crippen LogP contribution in [-0.4, -0.2) is 48.4 Å². The third kappa shape index (κ3) is 3.91. The first-order valence-corrected chi connectivity index (χ1v) is 9.84. The number of anilines is 2. The van der Waals surface area contributed by atoms with Gasteiger partial charge in [0.15, 0.2) is 5.82 Å². The Bertz CT molecular complexity index is 1030. The molecule has 0 amide bonds. The molecule has 0 radical (unpaired) electrons. The van der Waals surface area contributed by atoms with Crippen molar-refractivity contribution in [2.45, 2.75) is 13.3 Å². The van der Waals surface area contributed by atoms with Gasteiger partial charge in [0.25, 0.3) is 11.6 Å². The van der Waals surface area contributed by atoms with Crippen LogP contribution in [0.5, 0.6) is 5.75 Å². The standard InChI is InChI=1S/C21H23N5O4/c1-3-20-22-21(30-23-20)15-4-9-18(19(14-15)26(27)28)25-12-10-24(11-13-25)16-5-7-17(29-2)8-6-16/h4-9,14H,3,10-13H2,1-2H3. The van der Waals surface area contributed by atoms with E-state index in [1.807, 2.05) is 36.1 Å². The minimum atomic E-state index is -0.355. The molecule has 156 valence electrons. The molecule has 0 saturated carbocycles. The number of methoxy groups -OCH3 is 1. The summed E-state index contributed by atoms with van der Waals surface area (Å²) in [6.45, 7) is 4.84. The first-order chi connectivity index (χ1) is 14.6. The highest BCUT2D eigenvalue weighted by Gasteiger charge is 2.25. The first-order valence-electron chi connectivity index (χ1n) is 9.84. The number of aromatic nitrogens is 2. The molecule has 1 aliphatic heterocycles. The molecule has 0 spiro atoms. The van der Waals surface area contributed by atoms with Crippen LogP contribution in [0.25, 0.3) is 11.5 Å². The Balaban J connectivity index is 1.51. The Morgan fingerprint density at radius 2 is 1.80 bits per heavy atom. The molecule has 9 nitrogen and oxygen atoms in total. The van der Waals surface area contributed by atoms with Crippen molar-refractivity contribution < 1.29 is 14.2 Å². The summed E-state index contributed by atoms with van der Waals surface area (Å²) in [6.07, 6.45) is 0.641. The van der Waals surface area contributed by atoms with E-state index < -0.39 is 0 Å². The Kier molecular flexibility index (Phi) is 5.51. The Morgan fingerprint density at radius 3 is 2.40 bits per heavy atom. The van der Waals surface area contributed by atoms with Gasteiger partial charge in [0.1, 0.15) is 11.4 Å². The third-order valence-electron chi connectivity index (χ3n) is 5.26. The van der Waals surface area contributed by atoms with E-state index in [9.17, 15) is 10.1 Å². The molecule has 0 aliphatic carbocycles. The molecular formula is C21H23N5O4. The number of rotatable bonds is 6. The maximum atomic E-state index is 11.7. The van der Waals surface area contributed by atoms with E-state index in [0.29, 0.717) is 42.5 Å². The van der Waals surface area contributed by atoms with Gasteiger partial charge in [-0.2, -0.15) is 4.98 Å². The van der Waals surface area contributed by atoms with Crippen LogP contribution < -0.4 is 14.5 Å². The van der Waals surface area contributed by atoms with Crippen LogP contribution in [0, 0.1) is 10.1 Å². The van der Waals surface area contributed by atoms with Crippen LogP contribution in [-0.2, 0) is 6.42 Å². The van der Waals surface area contributed by atoms with E-state index in [2.05, 4.69) is 15.0 Å². The normalized spacial score (nSPS) is 14.1. The summed E-state index contributed by atoms with van der Waals surface area (Å²) in [7, 11) is 1.65. The lowest BCUT2D eigenvalue weighted by Crippen LogP contribution is -2.46. The number of benzene rings is 2. The van der Waals surface area contributed by atoms with Gasteiger partial charge < -0.3 is 19.1 Å². The van der Waals surface area contributed by atoms with Crippen molar-refractivity contribution in [3.63, 3.8) is 0 Å². The van der Waals surface area contributed by atoms with Crippen LogP contribution in [0.15, 0.2) is 47.0 Å². The minimum Gasteiger partial charge on any atom is -0.497 e. The molecule has 2 heterocycles. The van der Waals surface area contributed by atoms with Crippen molar-refractivity contribution in [2.75, 3.05) is 43.1 Å². The minimum absolute atomic E-state index is 0.0432. The predicted octanol–water partition coefficient (Wildman–Crippen LogP) is 3.54. The number of nitro benzene ring substituents is 1. The molecule has 3 aromatic rings. The molecule has 0 atom stereocenters. The largest absolute Gasteiger partial charge is 0.497 e. The number of aryl methyl sites for hydroxylation is 1. The lowest BCUT2D eigenvalue weighted by molar-refractivity contribution is -0.384. The summed E-state index contributed by atoms with van der Waals surface area (Å²) in [5.41, 5.74) is 2.31. The fraction of sp³-hybridized carbons (Fsp3) is 0.333. The van der Waals surface area contributed by atoms with Gasteiger partial charge in [0, 0.05) is 49.9 Å². The second-order valence-electron chi connectivity index (χ2n) is 7.00. The number of nitro groups is 1. The van der Waals surface area contributed by atoms with Crippen LogP contribution in [0.1, 0.15) is 12.7 Å². The molecular weight excluding hydrogens is 386 g/mol. The van der Waals surface area contributed by atoms with Gasteiger partial charge in [-0.05, 0) is 36.4 Å². The molecule has 2 aromatic carbocycles. The zero-order valence-electron chi connectivity index (χ0n) is 16.9. The average molecular weight is 409 g/mol. The van der Waals surface area contributed by atoms with E-state index in [-0.39, 0.29) is 10.6 Å². The molecule has 0 N–H and O–H groups in total. The van der Waals surface area contributed by atoms with Crippen LogP contribution in [0.2, 0.25) is 0 Å². The molecule has 30 heavy (non-hydrogen) atoms. The van der Waals surface area contributed by atoms with E-state index in [1.165, 1.54) is 6.07 Å².